The minimum atomic E-state index is 0.149. The molecule has 2 aliphatic heterocycles. The third-order valence-electron chi connectivity index (χ3n) is 6.66. The summed E-state index contributed by atoms with van der Waals surface area (Å²) in [5, 5.41) is 7.42. The summed E-state index contributed by atoms with van der Waals surface area (Å²) in [5.74, 6) is 2.48. The lowest BCUT2D eigenvalue weighted by molar-refractivity contribution is -0.106. The van der Waals surface area contributed by atoms with Crippen LogP contribution in [0.1, 0.15) is 33.6 Å². The lowest BCUT2D eigenvalue weighted by Gasteiger charge is -2.55. The Morgan fingerprint density at radius 3 is 2.89 bits per heavy atom. The molecule has 1 saturated carbocycles. The minimum absolute atomic E-state index is 0.149. The quantitative estimate of drug-likeness (QED) is 0.602. The molecule has 3 fully saturated rings. The van der Waals surface area contributed by atoms with Gasteiger partial charge in [0.05, 0.1) is 18.9 Å². The summed E-state index contributed by atoms with van der Waals surface area (Å²) in [6.45, 7) is 10.3. The van der Waals surface area contributed by atoms with Crippen molar-refractivity contribution in [3.63, 3.8) is 0 Å². The molecule has 0 radical (unpaired) electrons. The van der Waals surface area contributed by atoms with Gasteiger partial charge < -0.3 is 25.0 Å². The number of nitrogens with one attached hydrogen (secondary N) is 2. The van der Waals surface area contributed by atoms with Gasteiger partial charge in [0, 0.05) is 49.7 Å². The van der Waals surface area contributed by atoms with Gasteiger partial charge in [-0.15, -0.1) is 0 Å². The van der Waals surface area contributed by atoms with Gasteiger partial charge in [-0.1, -0.05) is 26.0 Å². The molecule has 0 amide bonds. The van der Waals surface area contributed by atoms with E-state index in [9.17, 15) is 0 Å². The highest BCUT2D eigenvalue weighted by Crippen LogP contribution is 2.52. The lowest BCUT2D eigenvalue weighted by atomic mass is 9.57. The zero-order valence-corrected chi connectivity index (χ0v) is 17.6. The van der Waals surface area contributed by atoms with E-state index in [2.05, 4.69) is 48.4 Å². The molecule has 0 spiro atoms. The number of hydrogen-bond acceptors (Lipinski definition) is 4. The maximum atomic E-state index is 5.94. The second-order valence-corrected chi connectivity index (χ2v) is 8.76. The highest BCUT2D eigenvalue weighted by molar-refractivity contribution is 5.81. The smallest absolute Gasteiger partial charge is 0.191 e. The monoisotopic (exact) mass is 386 g/mol. The van der Waals surface area contributed by atoms with Crippen molar-refractivity contribution in [2.45, 2.75) is 51.8 Å². The number of nitrogens with zero attached hydrogens (tertiary/aromatic N) is 2. The molecule has 1 aliphatic carbocycles. The van der Waals surface area contributed by atoms with Crippen LogP contribution in [-0.4, -0.2) is 57.5 Å². The van der Waals surface area contributed by atoms with Crippen LogP contribution in [0.4, 0.5) is 5.69 Å². The van der Waals surface area contributed by atoms with Crippen molar-refractivity contribution >= 4 is 11.6 Å². The zero-order chi connectivity index (χ0) is 19.7. The van der Waals surface area contributed by atoms with Gasteiger partial charge in [-0.05, 0) is 31.9 Å². The Hall–Kier alpha value is -1.95. The molecule has 28 heavy (non-hydrogen) atoms. The van der Waals surface area contributed by atoms with E-state index in [0.717, 1.165) is 50.8 Å². The number of hydrogen-bond donors (Lipinski definition) is 2. The average molecular weight is 387 g/mol. The molecule has 2 saturated heterocycles. The molecular weight excluding hydrogens is 352 g/mol. The summed E-state index contributed by atoms with van der Waals surface area (Å²) >= 11 is 0. The van der Waals surface area contributed by atoms with Crippen molar-refractivity contribution in [1.82, 2.24) is 10.6 Å². The van der Waals surface area contributed by atoms with Crippen LogP contribution < -0.4 is 20.3 Å². The fourth-order valence-electron chi connectivity index (χ4n) is 5.24. The second-order valence-electron chi connectivity index (χ2n) is 8.76. The van der Waals surface area contributed by atoms with Gasteiger partial charge in [-0.2, -0.15) is 0 Å². The molecule has 4 atom stereocenters. The SMILES string of the molecule is CCN=C(NC1CCN(c2ccccc2OC)C1)NC1C2CCOC2C1(C)C. The Kier molecular flexibility index (Phi) is 5.41. The molecule has 154 valence electrons. The van der Waals surface area contributed by atoms with Gasteiger partial charge in [0.1, 0.15) is 5.75 Å². The number of benzene rings is 1. The number of fused-ring (bicyclic) bond motifs is 1. The van der Waals surface area contributed by atoms with Crippen molar-refractivity contribution in [1.29, 1.82) is 0 Å². The summed E-state index contributed by atoms with van der Waals surface area (Å²) < 4.78 is 11.5. The van der Waals surface area contributed by atoms with E-state index in [-0.39, 0.29) is 5.41 Å². The van der Waals surface area contributed by atoms with E-state index >= 15 is 0 Å². The molecule has 4 unspecified atom stereocenters. The first-order valence-corrected chi connectivity index (χ1v) is 10.6. The standard InChI is InChI=1S/C22H34N4O2/c1-5-23-21(25-19-16-11-13-28-20(16)22(19,2)3)24-15-10-12-26(14-15)17-8-6-7-9-18(17)27-4/h6-9,15-16,19-20H,5,10-14H2,1-4H3,(H2,23,24,25). The lowest BCUT2D eigenvalue weighted by Crippen LogP contribution is -2.68. The van der Waals surface area contributed by atoms with E-state index in [1.165, 1.54) is 5.69 Å². The first-order valence-electron chi connectivity index (χ1n) is 10.6. The number of anilines is 1. The van der Waals surface area contributed by atoms with Crippen molar-refractivity contribution in [2.75, 3.05) is 38.3 Å². The molecule has 4 rings (SSSR count). The average Bonchev–Trinajstić information content (AvgIpc) is 3.34. The summed E-state index contributed by atoms with van der Waals surface area (Å²) in [7, 11) is 1.74. The predicted octanol–water partition coefficient (Wildman–Crippen LogP) is 2.64. The predicted molar refractivity (Wildman–Crippen MR) is 113 cm³/mol. The molecule has 1 aromatic carbocycles. The first-order chi connectivity index (χ1) is 13.5. The molecule has 6 heteroatoms. The van der Waals surface area contributed by atoms with Crippen LogP contribution in [0.2, 0.25) is 0 Å². The summed E-state index contributed by atoms with van der Waals surface area (Å²) in [6, 6.07) is 9.05. The van der Waals surface area contributed by atoms with Gasteiger partial charge in [0.15, 0.2) is 5.96 Å². The van der Waals surface area contributed by atoms with E-state index in [1.54, 1.807) is 7.11 Å². The molecule has 2 N–H and O–H groups in total. The molecule has 0 bridgehead atoms. The molecule has 1 aromatic rings. The minimum Gasteiger partial charge on any atom is -0.495 e. The van der Waals surface area contributed by atoms with Gasteiger partial charge in [0.2, 0.25) is 0 Å². The van der Waals surface area contributed by atoms with Crippen molar-refractivity contribution in [3.05, 3.63) is 24.3 Å². The molecule has 6 nitrogen and oxygen atoms in total. The van der Waals surface area contributed by atoms with Crippen molar-refractivity contribution in [3.8, 4) is 5.75 Å². The van der Waals surface area contributed by atoms with Gasteiger partial charge in [-0.25, -0.2) is 0 Å². The number of methoxy groups -OCH3 is 1. The Morgan fingerprint density at radius 1 is 1.29 bits per heavy atom. The maximum absolute atomic E-state index is 5.94. The third kappa shape index (κ3) is 3.43. The first kappa shape index (κ1) is 19.4. The van der Waals surface area contributed by atoms with Gasteiger partial charge in [0.25, 0.3) is 0 Å². The molecule has 3 aliphatic rings. The van der Waals surface area contributed by atoms with Crippen molar-refractivity contribution < 1.29 is 9.47 Å². The number of guanidine groups is 1. The van der Waals surface area contributed by atoms with E-state index < -0.39 is 0 Å². The van der Waals surface area contributed by atoms with E-state index in [0.29, 0.717) is 24.1 Å². The van der Waals surface area contributed by atoms with Gasteiger partial charge in [-0.3, -0.25) is 4.99 Å². The molecular formula is C22H34N4O2. The van der Waals surface area contributed by atoms with Crippen LogP contribution in [0.15, 0.2) is 29.3 Å². The van der Waals surface area contributed by atoms with Crippen molar-refractivity contribution in [2.24, 2.45) is 16.3 Å². The van der Waals surface area contributed by atoms with Crippen LogP contribution in [0.3, 0.4) is 0 Å². The van der Waals surface area contributed by atoms with E-state index in [1.807, 2.05) is 12.1 Å². The molecule has 2 heterocycles. The summed E-state index contributed by atoms with van der Waals surface area (Å²) in [6.07, 6.45) is 2.63. The normalized spacial score (nSPS) is 31.3. The van der Waals surface area contributed by atoms with Crippen LogP contribution in [-0.2, 0) is 4.74 Å². The second kappa shape index (κ2) is 7.82. The summed E-state index contributed by atoms with van der Waals surface area (Å²) in [4.78, 5) is 7.13. The Balaban J connectivity index is 1.39. The number of para-hydroxylation sites is 2. The van der Waals surface area contributed by atoms with Crippen LogP contribution in [0.25, 0.3) is 0 Å². The Labute approximate surface area is 168 Å². The maximum Gasteiger partial charge on any atom is 0.191 e. The van der Waals surface area contributed by atoms with Crippen LogP contribution in [0, 0.1) is 11.3 Å². The highest BCUT2D eigenvalue weighted by Gasteiger charge is 2.59. The van der Waals surface area contributed by atoms with Crippen LogP contribution in [0.5, 0.6) is 5.75 Å². The van der Waals surface area contributed by atoms with E-state index in [4.69, 9.17) is 14.5 Å². The Bertz CT molecular complexity index is 720. The number of ether oxygens (including phenoxy) is 2. The third-order valence-corrected chi connectivity index (χ3v) is 6.66. The number of rotatable bonds is 5. The zero-order valence-electron chi connectivity index (χ0n) is 17.6. The topological polar surface area (TPSA) is 58.1 Å². The molecule has 0 aromatic heterocycles. The fourth-order valence-corrected chi connectivity index (χ4v) is 5.24. The number of aliphatic imine (C=N–C) groups is 1. The fraction of sp³-hybridized carbons (Fsp3) is 0.682. The van der Waals surface area contributed by atoms with Gasteiger partial charge >= 0.3 is 0 Å². The summed E-state index contributed by atoms with van der Waals surface area (Å²) in [5.41, 5.74) is 1.32. The largest absolute Gasteiger partial charge is 0.495 e. The highest BCUT2D eigenvalue weighted by atomic mass is 16.5. The van der Waals surface area contributed by atoms with Crippen LogP contribution >= 0.6 is 0 Å². The Morgan fingerprint density at radius 2 is 2.11 bits per heavy atom.